The smallest absolute Gasteiger partial charge is 0.147 e. The van der Waals surface area contributed by atoms with Crippen LogP contribution in [0.3, 0.4) is 0 Å². The van der Waals surface area contributed by atoms with Crippen LogP contribution in [0, 0.1) is 5.82 Å². The molecule has 0 aromatic heterocycles. The van der Waals surface area contributed by atoms with Crippen LogP contribution in [0.25, 0.3) is 0 Å². The number of benzene rings is 1. The maximum atomic E-state index is 13.8. The van der Waals surface area contributed by atoms with Crippen molar-refractivity contribution in [2.24, 2.45) is 0 Å². The molecule has 19 heavy (non-hydrogen) atoms. The second-order valence-electron chi connectivity index (χ2n) is 3.83. The van der Waals surface area contributed by atoms with Gasteiger partial charge in [-0.25, -0.2) is 4.39 Å². The molecule has 0 saturated carbocycles. The maximum absolute atomic E-state index is 13.8. The standard InChI is InChI=1S/C15H16FNOS/c1-4-5-6-11(2)13(10-18)12-7-8-15(17-19-3)14(16)9-12/h4-10,13,17H,1-2H2,3H3/b6-5-. The van der Waals surface area contributed by atoms with E-state index in [0.717, 1.165) is 6.29 Å². The van der Waals surface area contributed by atoms with Gasteiger partial charge in [-0.1, -0.05) is 49.4 Å². The first-order valence-corrected chi connectivity index (χ1v) is 6.88. The molecule has 0 heterocycles. The molecule has 0 amide bonds. The van der Waals surface area contributed by atoms with E-state index >= 15 is 0 Å². The summed E-state index contributed by atoms with van der Waals surface area (Å²) in [7, 11) is 0. The summed E-state index contributed by atoms with van der Waals surface area (Å²) in [6.45, 7) is 7.37. The Labute approximate surface area is 117 Å². The number of hydrogen-bond donors (Lipinski definition) is 1. The average Bonchev–Trinajstić information content (AvgIpc) is 2.40. The molecule has 0 radical (unpaired) electrons. The summed E-state index contributed by atoms with van der Waals surface area (Å²) >= 11 is 1.31. The topological polar surface area (TPSA) is 29.1 Å². The number of halogens is 1. The van der Waals surface area contributed by atoms with Crippen molar-refractivity contribution in [3.8, 4) is 0 Å². The molecule has 0 aliphatic rings. The minimum absolute atomic E-state index is 0.390. The van der Waals surface area contributed by atoms with E-state index in [2.05, 4.69) is 17.9 Å². The SMILES string of the molecule is C=C/C=C\C(=C)C(C=O)c1ccc(NSC)c(F)c1. The Bertz CT molecular complexity index is 511. The van der Waals surface area contributed by atoms with Crippen LogP contribution < -0.4 is 4.72 Å². The van der Waals surface area contributed by atoms with Gasteiger partial charge in [-0.15, -0.1) is 0 Å². The number of hydrogen-bond acceptors (Lipinski definition) is 3. The lowest BCUT2D eigenvalue weighted by Gasteiger charge is -2.12. The third-order valence-corrected chi connectivity index (χ3v) is 2.97. The van der Waals surface area contributed by atoms with Crippen LogP contribution in [0.5, 0.6) is 0 Å². The lowest BCUT2D eigenvalue weighted by atomic mass is 9.93. The van der Waals surface area contributed by atoms with Crippen LogP contribution in [-0.4, -0.2) is 12.5 Å². The second kappa shape index (κ2) is 7.59. The van der Waals surface area contributed by atoms with Crippen molar-refractivity contribution in [3.63, 3.8) is 0 Å². The third kappa shape index (κ3) is 4.10. The third-order valence-electron chi connectivity index (χ3n) is 2.55. The van der Waals surface area contributed by atoms with Gasteiger partial charge in [0.1, 0.15) is 12.1 Å². The highest BCUT2D eigenvalue weighted by Crippen LogP contribution is 2.26. The normalized spacial score (nSPS) is 12.1. The van der Waals surface area contributed by atoms with Gasteiger partial charge in [0, 0.05) is 6.26 Å². The highest BCUT2D eigenvalue weighted by Gasteiger charge is 2.14. The van der Waals surface area contributed by atoms with Gasteiger partial charge in [0.2, 0.25) is 0 Å². The Morgan fingerprint density at radius 1 is 1.53 bits per heavy atom. The average molecular weight is 277 g/mol. The number of rotatable bonds is 7. The summed E-state index contributed by atoms with van der Waals surface area (Å²) in [5.74, 6) is -0.937. The predicted molar refractivity (Wildman–Crippen MR) is 80.8 cm³/mol. The number of aldehydes is 1. The fourth-order valence-electron chi connectivity index (χ4n) is 1.59. The van der Waals surface area contributed by atoms with Gasteiger partial charge < -0.3 is 9.52 Å². The van der Waals surface area contributed by atoms with E-state index in [1.54, 1.807) is 30.4 Å². The van der Waals surface area contributed by atoms with Crippen molar-refractivity contribution in [2.75, 3.05) is 11.0 Å². The Hall–Kier alpha value is -1.81. The van der Waals surface area contributed by atoms with Gasteiger partial charge in [-0.2, -0.15) is 0 Å². The minimum Gasteiger partial charge on any atom is -0.328 e. The molecule has 0 spiro atoms. The maximum Gasteiger partial charge on any atom is 0.147 e. The molecule has 1 atom stereocenters. The first-order chi connectivity index (χ1) is 9.13. The summed E-state index contributed by atoms with van der Waals surface area (Å²) < 4.78 is 16.6. The summed E-state index contributed by atoms with van der Waals surface area (Å²) in [4.78, 5) is 11.2. The molecule has 0 saturated heterocycles. The van der Waals surface area contributed by atoms with Gasteiger partial charge in [0.05, 0.1) is 11.6 Å². The molecule has 4 heteroatoms. The van der Waals surface area contributed by atoms with Crippen LogP contribution >= 0.6 is 11.9 Å². The van der Waals surface area contributed by atoms with Crippen LogP contribution in [0.1, 0.15) is 11.5 Å². The molecule has 0 fully saturated rings. The van der Waals surface area contributed by atoms with E-state index < -0.39 is 5.92 Å². The molecule has 1 unspecified atom stereocenters. The number of allylic oxidation sites excluding steroid dienone is 4. The fraction of sp³-hybridized carbons (Fsp3) is 0.133. The van der Waals surface area contributed by atoms with Crippen LogP contribution in [0.15, 0.2) is 55.2 Å². The largest absolute Gasteiger partial charge is 0.328 e. The highest BCUT2D eigenvalue weighted by atomic mass is 32.2. The van der Waals surface area contributed by atoms with Crippen molar-refractivity contribution in [1.82, 2.24) is 0 Å². The molecule has 1 N–H and O–H groups in total. The molecular weight excluding hydrogens is 261 g/mol. The van der Waals surface area contributed by atoms with Crippen molar-refractivity contribution >= 4 is 23.9 Å². The number of nitrogens with one attached hydrogen (secondary N) is 1. The number of carbonyl (C=O) groups is 1. The van der Waals surface area contributed by atoms with Gasteiger partial charge in [-0.05, 0) is 23.3 Å². The Balaban J connectivity index is 3.02. The fourth-order valence-corrected chi connectivity index (χ4v) is 1.98. The monoisotopic (exact) mass is 277 g/mol. The second-order valence-corrected chi connectivity index (χ2v) is 4.44. The van der Waals surface area contributed by atoms with Gasteiger partial charge >= 0.3 is 0 Å². The lowest BCUT2D eigenvalue weighted by Crippen LogP contribution is -2.03. The molecular formula is C15H16FNOS. The quantitative estimate of drug-likeness (QED) is 0.462. The van der Waals surface area contributed by atoms with Gasteiger partial charge in [0.15, 0.2) is 0 Å². The van der Waals surface area contributed by atoms with Gasteiger partial charge in [-0.3, -0.25) is 0 Å². The Morgan fingerprint density at radius 2 is 2.26 bits per heavy atom. The van der Waals surface area contributed by atoms with Crippen molar-refractivity contribution < 1.29 is 9.18 Å². The van der Waals surface area contributed by atoms with E-state index in [-0.39, 0.29) is 5.82 Å². The molecule has 2 nitrogen and oxygen atoms in total. The minimum atomic E-state index is -0.547. The highest BCUT2D eigenvalue weighted by molar-refractivity contribution is 7.99. The molecule has 1 aromatic carbocycles. The van der Waals surface area contributed by atoms with Crippen LogP contribution in [-0.2, 0) is 4.79 Å². The molecule has 0 aliphatic carbocycles. The van der Waals surface area contributed by atoms with E-state index in [9.17, 15) is 9.18 Å². The zero-order chi connectivity index (χ0) is 14.3. The summed E-state index contributed by atoms with van der Waals surface area (Å²) in [5.41, 5.74) is 1.57. The van der Waals surface area contributed by atoms with Gasteiger partial charge in [0.25, 0.3) is 0 Å². The first-order valence-electron chi connectivity index (χ1n) is 5.65. The Kier molecular flexibility index (Phi) is 6.09. The van der Waals surface area contributed by atoms with Crippen LogP contribution in [0.4, 0.5) is 10.1 Å². The lowest BCUT2D eigenvalue weighted by molar-refractivity contribution is -0.108. The van der Waals surface area contributed by atoms with Crippen LogP contribution in [0.2, 0.25) is 0 Å². The summed E-state index contributed by atoms with van der Waals surface area (Å²) in [6.07, 6.45) is 7.55. The predicted octanol–water partition coefficient (Wildman–Crippen LogP) is 4.10. The van der Waals surface area contributed by atoms with Crippen molar-refractivity contribution in [1.29, 1.82) is 0 Å². The molecule has 0 aliphatic heterocycles. The van der Waals surface area contributed by atoms with E-state index in [1.165, 1.54) is 18.0 Å². The molecule has 1 aromatic rings. The summed E-state index contributed by atoms with van der Waals surface area (Å²) in [5, 5.41) is 0. The Morgan fingerprint density at radius 3 is 2.79 bits per heavy atom. The van der Waals surface area contributed by atoms with E-state index in [0.29, 0.717) is 16.8 Å². The zero-order valence-electron chi connectivity index (χ0n) is 10.7. The molecule has 100 valence electrons. The van der Waals surface area contributed by atoms with E-state index in [4.69, 9.17) is 0 Å². The van der Waals surface area contributed by atoms with Crippen molar-refractivity contribution in [3.05, 3.63) is 66.5 Å². The number of anilines is 1. The molecule has 0 bridgehead atoms. The number of carbonyl (C=O) groups excluding carboxylic acids is 1. The van der Waals surface area contributed by atoms with E-state index in [1.807, 2.05) is 6.26 Å². The van der Waals surface area contributed by atoms with Crippen molar-refractivity contribution in [2.45, 2.75) is 5.92 Å². The summed E-state index contributed by atoms with van der Waals surface area (Å²) in [6, 6.07) is 4.68. The first kappa shape index (κ1) is 15.2. The zero-order valence-corrected chi connectivity index (χ0v) is 11.5. The molecule has 1 rings (SSSR count).